The van der Waals surface area contributed by atoms with Crippen molar-refractivity contribution in [1.29, 1.82) is 0 Å². The molecule has 0 radical (unpaired) electrons. The maximum absolute atomic E-state index is 11.5. The van der Waals surface area contributed by atoms with Gasteiger partial charge in [-0.1, -0.05) is 67.9 Å². The number of aryl methyl sites for hydroxylation is 1. The predicted molar refractivity (Wildman–Crippen MR) is 67.4 cm³/mol. The van der Waals surface area contributed by atoms with Crippen molar-refractivity contribution >= 4 is 0 Å². The molecule has 2 aromatic rings. The monoisotopic (exact) mass is 236 g/mol. The maximum atomic E-state index is 11.5. The smallest absolute Gasteiger partial charge is 0.872 e. The Morgan fingerprint density at radius 2 is 1.53 bits per heavy atom. The van der Waals surface area contributed by atoms with Crippen LogP contribution in [0.25, 0.3) is 11.1 Å². The van der Waals surface area contributed by atoms with Crippen molar-refractivity contribution < 1.29 is 34.7 Å². The molecule has 0 saturated heterocycles. The molecule has 0 aliphatic heterocycles. The summed E-state index contributed by atoms with van der Waals surface area (Å²) in [5.41, 5.74) is 2.94. The first-order valence-corrected chi connectivity index (χ1v) is 5.60. The quantitative estimate of drug-likeness (QED) is 0.671. The van der Waals surface area contributed by atoms with Crippen LogP contribution < -0.4 is 34.7 Å². The van der Waals surface area contributed by atoms with Gasteiger partial charge >= 0.3 is 29.6 Å². The molecule has 0 aliphatic rings. The molecule has 0 atom stereocenters. The molecular weight excluding hydrogens is 219 g/mol. The molecule has 0 fully saturated rings. The molecule has 84 valence electrons. The van der Waals surface area contributed by atoms with E-state index >= 15 is 0 Å². The first kappa shape index (κ1) is 16.2. The van der Waals surface area contributed by atoms with E-state index in [0.29, 0.717) is 0 Å². The third-order valence-electron chi connectivity index (χ3n) is 2.22. The van der Waals surface area contributed by atoms with Crippen LogP contribution in [-0.2, 0) is 0 Å². The average Bonchev–Trinajstić information content (AvgIpc) is 2.32. The zero-order chi connectivity index (χ0) is 12.0. The van der Waals surface area contributed by atoms with E-state index in [0.717, 1.165) is 11.1 Å². The van der Waals surface area contributed by atoms with Crippen LogP contribution in [-0.4, -0.2) is 0 Å². The summed E-state index contributed by atoms with van der Waals surface area (Å²) >= 11 is 0. The van der Waals surface area contributed by atoms with Gasteiger partial charge in [0.15, 0.2) is 0 Å². The number of benzene rings is 2. The molecule has 0 unspecified atom stereocenters. The van der Waals surface area contributed by atoms with E-state index in [1.54, 1.807) is 12.1 Å². The molecule has 0 saturated carbocycles. The van der Waals surface area contributed by atoms with Crippen LogP contribution in [0.5, 0.6) is 5.75 Å². The maximum Gasteiger partial charge on any atom is 1.00 e. The van der Waals surface area contributed by atoms with Gasteiger partial charge in [-0.2, -0.15) is 0 Å². The molecule has 1 nitrogen and oxygen atoms in total. The fraction of sp³-hybridized carbons (Fsp3) is 0.200. The van der Waals surface area contributed by atoms with Crippen LogP contribution in [0.2, 0.25) is 0 Å². The number of hydrogen-bond acceptors (Lipinski definition) is 1. The van der Waals surface area contributed by atoms with Crippen molar-refractivity contribution in [1.82, 2.24) is 0 Å². The van der Waals surface area contributed by atoms with E-state index < -0.39 is 0 Å². The second kappa shape index (κ2) is 8.35. The summed E-state index contributed by atoms with van der Waals surface area (Å²) in [6, 6.07) is 15.1. The van der Waals surface area contributed by atoms with Gasteiger partial charge in [-0.3, -0.25) is 0 Å². The standard InChI is InChI=1S/C13H12O.C2H6.Na/c1-10-5-4-6-11(9-10)12-7-2-3-8-13(12)14;1-2;/h2-9,14H,1H3;1-2H3;/q;;+1/p-1. The third kappa shape index (κ3) is 4.55. The van der Waals surface area contributed by atoms with E-state index in [9.17, 15) is 5.11 Å². The minimum Gasteiger partial charge on any atom is -0.872 e. The Labute approximate surface area is 126 Å². The van der Waals surface area contributed by atoms with Crippen LogP contribution in [0.1, 0.15) is 19.4 Å². The molecule has 17 heavy (non-hydrogen) atoms. The first-order chi connectivity index (χ1) is 7.77. The minimum atomic E-state index is 0. The molecule has 0 spiro atoms. The van der Waals surface area contributed by atoms with E-state index in [1.165, 1.54) is 5.56 Å². The van der Waals surface area contributed by atoms with Crippen LogP contribution in [0, 0.1) is 6.92 Å². The number of hydrogen-bond donors (Lipinski definition) is 0. The largest absolute Gasteiger partial charge is 1.00 e. The van der Waals surface area contributed by atoms with Crippen LogP contribution in [0.3, 0.4) is 0 Å². The van der Waals surface area contributed by atoms with E-state index in [2.05, 4.69) is 0 Å². The van der Waals surface area contributed by atoms with Crippen molar-refractivity contribution in [2.75, 3.05) is 0 Å². The zero-order valence-electron chi connectivity index (χ0n) is 11.0. The van der Waals surface area contributed by atoms with Crippen molar-refractivity contribution in [2.45, 2.75) is 20.8 Å². The second-order valence-corrected chi connectivity index (χ2v) is 3.37. The number of para-hydroxylation sites is 1. The molecule has 0 bridgehead atoms. The molecule has 0 N–H and O–H groups in total. The third-order valence-corrected chi connectivity index (χ3v) is 2.22. The van der Waals surface area contributed by atoms with Gasteiger partial charge in [0.1, 0.15) is 0 Å². The Kier molecular flexibility index (Phi) is 7.98. The second-order valence-electron chi connectivity index (χ2n) is 3.37. The van der Waals surface area contributed by atoms with Crippen LogP contribution in [0.15, 0.2) is 48.5 Å². The van der Waals surface area contributed by atoms with Crippen molar-refractivity contribution in [2.24, 2.45) is 0 Å². The summed E-state index contributed by atoms with van der Waals surface area (Å²) in [6.07, 6.45) is 0. The summed E-state index contributed by atoms with van der Waals surface area (Å²) in [6.45, 7) is 6.02. The summed E-state index contributed by atoms with van der Waals surface area (Å²) in [4.78, 5) is 0. The molecule has 0 heterocycles. The Bertz CT molecular complexity index is 452. The van der Waals surface area contributed by atoms with Gasteiger partial charge in [0.05, 0.1) is 0 Å². The Balaban J connectivity index is 0.000000811. The molecular formula is C15H17NaO. The predicted octanol–water partition coefficient (Wildman–Crippen LogP) is 0.766. The fourth-order valence-electron chi connectivity index (χ4n) is 1.52. The molecule has 2 rings (SSSR count). The van der Waals surface area contributed by atoms with Gasteiger partial charge in [0.25, 0.3) is 0 Å². The molecule has 2 aromatic carbocycles. The van der Waals surface area contributed by atoms with E-state index in [4.69, 9.17) is 0 Å². The van der Waals surface area contributed by atoms with Crippen LogP contribution in [0.4, 0.5) is 0 Å². The Hall–Kier alpha value is -0.760. The Morgan fingerprint density at radius 3 is 2.12 bits per heavy atom. The summed E-state index contributed by atoms with van der Waals surface area (Å²) < 4.78 is 0. The summed E-state index contributed by atoms with van der Waals surface area (Å²) in [7, 11) is 0. The normalized spacial score (nSPS) is 8.65. The van der Waals surface area contributed by atoms with Crippen molar-refractivity contribution in [3.63, 3.8) is 0 Å². The summed E-state index contributed by atoms with van der Waals surface area (Å²) in [5.74, 6) is 0.0816. The van der Waals surface area contributed by atoms with Crippen molar-refractivity contribution in [3.05, 3.63) is 54.1 Å². The zero-order valence-corrected chi connectivity index (χ0v) is 13.0. The van der Waals surface area contributed by atoms with Gasteiger partial charge in [0, 0.05) is 0 Å². The first-order valence-electron chi connectivity index (χ1n) is 5.60. The summed E-state index contributed by atoms with van der Waals surface area (Å²) in [5, 5.41) is 11.5. The SMILES string of the molecule is CC.Cc1cccc(-c2ccccc2[O-])c1.[Na+]. The van der Waals surface area contributed by atoms with Gasteiger partial charge in [-0.15, -0.1) is 5.75 Å². The molecule has 0 aliphatic carbocycles. The van der Waals surface area contributed by atoms with Crippen molar-refractivity contribution in [3.8, 4) is 16.9 Å². The topological polar surface area (TPSA) is 23.1 Å². The van der Waals surface area contributed by atoms with E-state index in [1.807, 2.05) is 57.2 Å². The van der Waals surface area contributed by atoms with Gasteiger partial charge < -0.3 is 5.11 Å². The molecule has 0 amide bonds. The average molecular weight is 236 g/mol. The molecule has 0 aromatic heterocycles. The fourth-order valence-corrected chi connectivity index (χ4v) is 1.52. The van der Waals surface area contributed by atoms with Gasteiger partial charge in [0.2, 0.25) is 0 Å². The van der Waals surface area contributed by atoms with E-state index in [-0.39, 0.29) is 35.3 Å². The minimum absolute atomic E-state index is 0. The Morgan fingerprint density at radius 1 is 0.882 bits per heavy atom. The molecule has 2 heteroatoms. The van der Waals surface area contributed by atoms with Gasteiger partial charge in [-0.05, 0) is 18.1 Å². The van der Waals surface area contributed by atoms with Gasteiger partial charge in [-0.25, -0.2) is 0 Å². The number of rotatable bonds is 1. The van der Waals surface area contributed by atoms with Crippen LogP contribution >= 0.6 is 0 Å².